The minimum Gasteiger partial charge on any atom is -0.383 e. The smallest absolute Gasteiger partial charge is 0.243 e. The highest BCUT2D eigenvalue weighted by molar-refractivity contribution is 6.29. The molecule has 2 aromatic rings. The largest absolute Gasteiger partial charge is 0.383 e. The number of amidine groups is 1. The number of hydrogen-bond acceptors (Lipinski definition) is 6. The van der Waals surface area contributed by atoms with Gasteiger partial charge in [0.25, 0.3) is 0 Å². The van der Waals surface area contributed by atoms with Crippen molar-refractivity contribution in [1.29, 1.82) is 10.5 Å². The van der Waals surface area contributed by atoms with Crippen LogP contribution >= 0.6 is 0 Å². The number of hydrogen-bond donors (Lipinski definition) is 1. The number of benzene rings is 2. The van der Waals surface area contributed by atoms with Gasteiger partial charge in [-0.15, -0.1) is 0 Å². The molecule has 0 radical (unpaired) electrons. The van der Waals surface area contributed by atoms with Crippen LogP contribution in [0.25, 0.3) is 0 Å². The number of aliphatic imine (C=N–C) groups is 1. The van der Waals surface area contributed by atoms with E-state index in [2.05, 4.69) is 17.1 Å². The lowest BCUT2D eigenvalue weighted by atomic mass is 9.51. The number of Topliss-reactive ketones (excluding diaryl/α,β-unsaturated/α-hetero) is 1. The summed E-state index contributed by atoms with van der Waals surface area (Å²) in [5.74, 6) is -3.80. The summed E-state index contributed by atoms with van der Waals surface area (Å²) in [6.07, 6.45) is 1.59. The highest BCUT2D eigenvalue weighted by atomic mass is 19.1. The van der Waals surface area contributed by atoms with Gasteiger partial charge in [-0.1, -0.05) is 36.8 Å². The van der Waals surface area contributed by atoms with Crippen molar-refractivity contribution in [2.75, 3.05) is 4.90 Å². The van der Waals surface area contributed by atoms with Crippen LogP contribution in [0.1, 0.15) is 29.6 Å². The van der Waals surface area contributed by atoms with Crippen LogP contribution in [0.5, 0.6) is 0 Å². The minimum absolute atomic E-state index is 0.0400. The Labute approximate surface area is 195 Å². The number of nitrogens with two attached hydrogens (primary N) is 1. The normalized spacial score (nSPS) is 27.9. The maximum Gasteiger partial charge on any atom is 0.243 e. The van der Waals surface area contributed by atoms with Gasteiger partial charge in [-0.2, -0.15) is 10.5 Å². The number of anilines is 1. The van der Waals surface area contributed by atoms with Crippen LogP contribution in [-0.2, 0) is 4.79 Å². The summed E-state index contributed by atoms with van der Waals surface area (Å²) in [6.45, 7) is 0. The van der Waals surface area contributed by atoms with Gasteiger partial charge in [0.15, 0.2) is 5.78 Å². The van der Waals surface area contributed by atoms with Crippen molar-refractivity contribution in [1.82, 2.24) is 0 Å². The summed E-state index contributed by atoms with van der Waals surface area (Å²) >= 11 is 0. The predicted molar refractivity (Wildman–Crippen MR) is 121 cm³/mol. The van der Waals surface area contributed by atoms with Crippen molar-refractivity contribution < 1.29 is 14.0 Å². The lowest BCUT2D eigenvalue weighted by Gasteiger charge is -2.54. The molecule has 168 valence electrons. The van der Waals surface area contributed by atoms with E-state index in [1.807, 2.05) is 0 Å². The third-order valence-electron chi connectivity index (χ3n) is 7.19. The van der Waals surface area contributed by atoms with Gasteiger partial charge < -0.3 is 5.73 Å². The van der Waals surface area contributed by atoms with Crippen LogP contribution in [0, 0.1) is 51.6 Å². The van der Waals surface area contributed by atoms with Crippen molar-refractivity contribution in [3.05, 3.63) is 77.4 Å². The molecular formula is C26H20FN5O2. The van der Waals surface area contributed by atoms with Gasteiger partial charge in [-0.25, -0.2) is 9.38 Å². The molecule has 1 unspecified atom stereocenters. The van der Waals surface area contributed by atoms with E-state index in [-0.39, 0.29) is 22.9 Å². The van der Waals surface area contributed by atoms with Crippen molar-refractivity contribution >= 4 is 23.2 Å². The molecule has 1 saturated carbocycles. The zero-order chi connectivity index (χ0) is 24.0. The van der Waals surface area contributed by atoms with Crippen molar-refractivity contribution in [2.24, 2.45) is 33.9 Å². The number of carbonyl (C=O) groups is 2. The van der Waals surface area contributed by atoms with E-state index in [1.165, 1.54) is 29.2 Å². The number of nitrogens with zero attached hydrogens (tertiary/aromatic N) is 4. The van der Waals surface area contributed by atoms with Gasteiger partial charge in [-0.3, -0.25) is 14.5 Å². The van der Waals surface area contributed by atoms with Gasteiger partial charge in [0.05, 0.1) is 23.4 Å². The molecule has 8 heteroatoms. The highest BCUT2D eigenvalue weighted by Crippen LogP contribution is 2.58. The summed E-state index contributed by atoms with van der Waals surface area (Å²) < 4.78 is 13.7. The van der Waals surface area contributed by atoms with E-state index < -0.39 is 40.7 Å². The van der Waals surface area contributed by atoms with E-state index in [9.17, 15) is 24.5 Å². The van der Waals surface area contributed by atoms with Gasteiger partial charge in [0.2, 0.25) is 5.91 Å². The molecule has 7 nitrogen and oxygen atoms in total. The number of piperidine rings is 1. The molecule has 0 bridgehead atoms. The molecule has 2 aliphatic heterocycles. The van der Waals surface area contributed by atoms with Crippen LogP contribution in [0.4, 0.5) is 10.1 Å². The molecule has 1 amide bonds. The van der Waals surface area contributed by atoms with Gasteiger partial charge >= 0.3 is 0 Å². The van der Waals surface area contributed by atoms with Crippen molar-refractivity contribution in [3.8, 4) is 12.1 Å². The number of allylic oxidation sites excluding steroid dienone is 1. The number of amides is 1. The Morgan fingerprint density at radius 1 is 1.12 bits per heavy atom. The number of halogens is 1. The Bertz CT molecular complexity index is 1340. The molecule has 2 fully saturated rings. The first-order valence-electron chi connectivity index (χ1n) is 11.0. The molecule has 0 spiro atoms. The van der Waals surface area contributed by atoms with Crippen LogP contribution in [0.2, 0.25) is 0 Å². The highest BCUT2D eigenvalue weighted by Gasteiger charge is 2.65. The lowest BCUT2D eigenvalue weighted by Crippen LogP contribution is -2.66. The monoisotopic (exact) mass is 453 g/mol. The summed E-state index contributed by atoms with van der Waals surface area (Å²) in [4.78, 5) is 33.4. The Morgan fingerprint density at radius 2 is 1.82 bits per heavy atom. The van der Waals surface area contributed by atoms with Gasteiger partial charge in [0, 0.05) is 17.4 Å². The summed E-state index contributed by atoms with van der Waals surface area (Å²) in [5, 5.41) is 20.5. The Balaban J connectivity index is 1.78. The molecule has 0 aromatic heterocycles. The first kappa shape index (κ1) is 21.5. The van der Waals surface area contributed by atoms with Crippen LogP contribution in [0.3, 0.4) is 0 Å². The second-order valence-corrected chi connectivity index (χ2v) is 8.77. The standard InChI is InChI=1S/C26H20FN5O2/c27-16-9-11-17(12-10-16)32-24(34)21(22(33)15-5-2-1-3-6-15)20-8-4-7-19-18(13-28)23(30)31-25(32)26(19,20)14-29/h1-3,5-6,9-12,19-21H,4,7-8,30H2/t19-,20+,21?,26-/m1/s1. The quantitative estimate of drug-likeness (QED) is 0.561. The second kappa shape index (κ2) is 7.93. The maximum atomic E-state index is 14.0. The zero-order valence-corrected chi connectivity index (χ0v) is 18.1. The fraction of sp³-hybridized carbons (Fsp3) is 0.269. The van der Waals surface area contributed by atoms with E-state index in [4.69, 9.17) is 5.73 Å². The Hall–Kier alpha value is -4.30. The average molecular weight is 453 g/mol. The molecule has 5 rings (SSSR count). The first-order chi connectivity index (χ1) is 16.4. The predicted octanol–water partition coefficient (Wildman–Crippen LogP) is 3.70. The molecule has 1 aliphatic carbocycles. The molecular weight excluding hydrogens is 433 g/mol. The fourth-order valence-corrected chi connectivity index (χ4v) is 5.74. The first-order valence-corrected chi connectivity index (χ1v) is 11.0. The summed E-state index contributed by atoms with van der Waals surface area (Å²) in [5.41, 5.74) is 5.58. The van der Waals surface area contributed by atoms with E-state index in [1.54, 1.807) is 30.3 Å². The molecule has 4 atom stereocenters. The fourth-order valence-electron chi connectivity index (χ4n) is 5.74. The van der Waals surface area contributed by atoms with Crippen LogP contribution in [-0.4, -0.2) is 17.5 Å². The topological polar surface area (TPSA) is 123 Å². The molecule has 1 saturated heterocycles. The Kier molecular flexibility index (Phi) is 5.02. The SMILES string of the molecule is N#CC1=C(N)N=C2N(c3ccc(F)cc3)C(=O)C(C(=O)c3ccccc3)[C@@H]3CCC[C@H]1[C@@]23C#N. The van der Waals surface area contributed by atoms with Crippen LogP contribution < -0.4 is 10.6 Å². The average Bonchev–Trinajstić information content (AvgIpc) is 2.85. The van der Waals surface area contributed by atoms with E-state index in [0.717, 1.165) is 0 Å². The second-order valence-electron chi connectivity index (χ2n) is 8.77. The molecule has 2 aromatic carbocycles. The van der Waals surface area contributed by atoms with Crippen molar-refractivity contribution in [3.63, 3.8) is 0 Å². The maximum absolute atomic E-state index is 14.0. The molecule has 2 N–H and O–H groups in total. The molecule has 34 heavy (non-hydrogen) atoms. The summed E-state index contributed by atoms with van der Waals surface area (Å²) in [7, 11) is 0. The lowest BCUT2D eigenvalue weighted by molar-refractivity contribution is -0.124. The molecule has 3 aliphatic rings. The third-order valence-corrected chi connectivity index (χ3v) is 7.19. The van der Waals surface area contributed by atoms with Gasteiger partial charge in [0.1, 0.15) is 28.8 Å². The molecule has 2 heterocycles. The van der Waals surface area contributed by atoms with E-state index >= 15 is 0 Å². The van der Waals surface area contributed by atoms with Crippen LogP contribution in [0.15, 0.2) is 71.0 Å². The van der Waals surface area contributed by atoms with Gasteiger partial charge in [-0.05, 0) is 37.1 Å². The Morgan fingerprint density at radius 3 is 2.47 bits per heavy atom. The summed E-state index contributed by atoms with van der Waals surface area (Å²) in [6, 6.07) is 18.2. The number of rotatable bonds is 3. The number of carbonyl (C=O) groups excluding carboxylic acids is 2. The third kappa shape index (κ3) is 2.89. The number of nitriles is 2. The van der Waals surface area contributed by atoms with Crippen molar-refractivity contribution in [2.45, 2.75) is 19.3 Å². The minimum atomic E-state index is -1.40. The number of ketones is 1. The zero-order valence-electron chi connectivity index (χ0n) is 18.1. The van der Waals surface area contributed by atoms with E-state index in [0.29, 0.717) is 24.8 Å².